The zero-order valence-electron chi connectivity index (χ0n) is 14.3. The van der Waals surface area contributed by atoms with Gasteiger partial charge in [0, 0.05) is 18.9 Å². The summed E-state index contributed by atoms with van der Waals surface area (Å²) in [5.41, 5.74) is 1.23. The first-order valence-electron chi connectivity index (χ1n) is 7.70. The number of methoxy groups -OCH3 is 1. The highest BCUT2D eigenvalue weighted by atomic mass is 16.5. The molecular weight excluding hydrogens is 324 g/mol. The fourth-order valence-corrected chi connectivity index (χ4v) is 2.18. The van der Waals surface area contributed by atoms with Crippen LogP contribution < -0.4 is 10.1 Å². The van der Waals surface area contributed by atoms with Gasteiger partial charge in [-0.3, -0.25) is 4.79 Å². The molecule has 0 aliphatic heterocycles. The number of nitrogens with zero attached hydrogens (tertiary/aromatic N) is 1. The minimum atomic E-state index is -1.08. The molecule has 1 amide bonds. The lowest BCUT2D eigenvalue weighted by molar-refractivity contribution is 0.0696. The molecule has 0 fully saturated rings. The van der Waals surface area contributed by atoms with Crippen molar-refractivity contribution in [2.24, 2.45) is 0 Å². The molecule has 132 valence electrons. The number of carbonyl (C=O) groups is 2. The fraction of sp³-hybridized carbons (Fsp3) is 0.278. The van der Waals surface area contributed by atoms with Crippen LogP contribution in [0.25, 0.3) is 0 Å². The number of amides is 1. The number of benzene rings is 1. The standard InChI is InChI=1S/C18H20N2O5/c1-11(2)25-16-6-4-5-15(20-16)17(21)19-14-8-12(10-24-3)7-13(9-14)18(22)23/h4-9,11H,10H2,1-3H3,(H,19,21)(H,22,23). The third-order valence-electron chi connectivity index (χ3n) is 3.12. The van der Waals surface area contributed by atoms with Crippen LogP contribution in [0.5, 0.6) is 5.88 Å². The van der Waals surface area contributed by atoms with E-state index in [1.54, 1.807) is 24.3 Å². The molecule has 0 unspecified atom stereocenters. The highest BCUT2D eigenvalue weighted by Gasteiger charge is 2.13. The van der Waals surface area contributed by atoms with Crippen molar-refractivity contribution in [1.82, 2.24) is 4.98 Å². The first kappa shape index (κ1) is 18.4. The number of ether oxygens (including phenoxy) is 2. The van der Waals surface area contributed by atoms with Crippen LogP contribution in [0.3, 0.4) is 0 Å². The monoisotopic (exact) mass is 344 g/mol. The first-order valence-corrected chi connectivity index (χ1v) is 7.70. The zero-order chi connectivity index (χ0) is 18.4. The molecule has 0 bridgehead atoms. The maximum absolute atomic E-state index is 12.4. The molecule has 0 radical (unpaired) electrons. The third kappa shape index (κ3) is 5.29. The molecule has 0 atom stereocenters. The topological polar surface area (TPSA) is 97.8 Å². The van der Waals surface area contributed by atoms with Crippen molar-refractivity contribution in [2.75, 3.05) is 12.4 Å². The number of nitrogens with one attached hydrogen (secondary N) is 1. The van der Waals surface area contributed by atoms with Crippen LogP contribution in [-0.2, 0) is 11.3 Å². The lowest BCUT2D eigenvalue weighted by Gasteiger charge is -2.11. The van der Waals surface area contributed by atoms with Crippen molar-refractivity contribution in [3.05, 3.63) is 53.2 Å². The van der Waals surface area contributed by atoms with Crippen LogP contribution in [0.2, 0.25) is 0 Å². The van der Waals surface area contributed by atoms with Crippen molar-refractivity contribution < 1.29 is 24.2 Å². The zero-order valence-corrected chi connectivity index (χ0v) is 14.3. The van der Waals surface area contributed by atoms with Crippen LogP contribution in [0.15, 0.2) is 36.4 Å². The van der Waals surface area contributed by atoms with Gasteiger partial charge in [-0.05, 0) is 43.7 Å². The summed E-state index contributed by atoms with van der Waals surface area (Å²) in [4.78, 5) is 27.8. The van der Waals surface area contributed by atoms with Gasteiger partial charge in [0.25, 0.3) is 5.91 Å². The highest BCUT2D eigenvalue weighted by Crippen LogP contribution is 2.18. The number of carboxylic acid groups (broad SMARTS) is 1. The van der Waals surface area contributed by atoms with Crippen LogP contribution in [0.4, 0.5) is 5.69 Å². The summed E-state index contributed by atoms with van der Waals surface area (Å²) in [5, 5.41) is 11.8. The number of anilines is 1. The van der Waals surface area contributed by atoms with E-state index >= 15 is 0 Å². The van der Waals surface area contributed by atoms with Crippen molar-refractivity contribution in [1.29, 1.82) is 0 Å². The summed E-state index contributed by atoms with van der Waals surface area (Å²) in [6.45, 7) is 3.96. The van der Waals surface area contributed by atoms with E-state index in [0.29, 0.717) is 17.1 Å². The average molecular weight is 344 g/mol. The molecule has 1 aromatic carbocycles. The van der Waals surface area contributed by atoms with Crippen LogP contribution in [-0.4, -0.2) is 35.2 Å². The molecule has 0 saturated carbocycles. The Balaban J connectivity index is 2.23. The summed E-state index contributed by atoms with van der Waals surface area (Å²) < 4.78 is 10.5. The molecule has 0 spiro atoms. The Labute approximate surface area is 145 Å². The number of aromatic carboxylic acids is 1. The molecule has 0 aliphatic rings. The van der Waals surface area contributed by atoms with Gasteiger partial charge in [0.1, 0.15) is 5.69 Å². The van der Waals surface area contributed by atoms with E-state index in [2.05, 4.69) is 10.3 Å². The van der Waals surface area contributed by atoms with Gasteiger partial charge >= 0.3 is 5.97 Å². The number of carboxylic acids is 1. The number of rotatable bonds is 7. The van der Waals surface area contributed by atoms with Gasteiger partial charge in [0.2, 0.25) is 5.88 Å². The Morgan fingerprint density at radius 1 is 1.24 bits per heavy atom. The molecule has 7 heteroatoms. The second-order valence-electron chi connectivity index (χ2n) is 5.64. The maximum atomic E-state index is 12.4. The second-order valence-corrected chi connectivity index (χ2v) is 5.64. The molecule has 2 aromatic rings. The van der Waals surface area contributed by atoms with E-state index in [1.807, 2.05) is 13.8 Å². The predicted molar refractivity (Wildman–Crippen MR) is 92.1 cm³/mol. The summed E-state index contributed by atoms with van der Waals surface area (Å²) in [7, 11) is 1.51. The lowest BCUT2D eigenvalue weighted by Crippen LogP contribution is -2.16. The Hall–Kier alpha value is -2.93. The average Bonchev–Trinajstić information content (AvgIpc) is 2.54. The van der Waals surface area contributed by atoms with Crippen molar-refractivity contribution in [3.63, 3.8) is 0 Å². The van der Waals surface area contributed by atoms with Gasteiger partial charge in [0.05, 0.1) is 18.3 Å². The molecule has 7 nitrogen and oxygen atoms in total. The molecule has 2 N–H and O–H groups in total. The van der Waals surface area contributed by atoms with Crippen molar-refractivity contribution >= 4 is 17.6 Å². The maximum Gasteiger partial charge on any atom is 0.335 e. The number of hydrogen-bond acceptors (Lipinski definition) is 5. The third-order valence-corrected chi connectivity index (χ3v) is 3.12. The summed E-state index contributed by atoms with van der Waals surface area (Å²) in [6, 6.07) is 9.43. The second kappa shape index (κ2) is 8.25. The molecule has 0 aliphatic carbocycles. The molecule has 2 rings (SSSR count). The Kier molecular flexibility index (Phi) is 6.08. The molecule has 25 heavy (non-hydrogen) atoms. The minimum absolute atomic E-state index is 0.0605. The Bertz CT molecular complexity index is 774. The van der Waals surface area contributed by atoms with Gasteiger partial charge in [-0.1, -0.05) is 6.07 Å². The van der Waals surface area contributed by atoms with E-state index < -0.39 is 11.9 Å². The van der Waals surface area contributed by atoms with Gasteiger partial charge in [-0.15, -0.1) is 0 Å². The van der Waals surface area contributed by atoms with Gasteiger partial charge in [-0.25, -0.2) is 9.78 Å². The fourth-order valence-electron chi connectivity index (χ4n) is 2.18. The van der Waals surface area contributed by atoms with E-state index in [4.69, 9.17) is 9.47 Å². The predicted octanol–water partition coefficient (Wildman–Crippen LogP) is 2.97. The smallest absolute Gasteiger partial charge is 0.335 e. The van der Waals surface area contributed by atoms with Crippen LogP contribution >= 0.6 is 0 Å². The van der Waals surface area contributed by atoms with E-state index in [0.717, 1.165) is 0 Å². The largest absolute Gasteiger partial charge is 0.478 e. The van der Waals surface area contributed by atoms with Gasteiger partial charge in [0.15, 0.2) is 0 Å². The summed E-state index contributed by atoms with van der Waals surface area (Å²) >= 11 is 0. The summed E-state index contributed by atoms with van der Waals surface area (Å²) in [6.07, 6.45) is -0.0605. The Morgan fingerprint density at radius 3 is 2.64 bits per heavy atom. The number of hydrogen-bond donors (Lipinski definition) is 2. The van der Waals surface area contributed by atoms with E-state index in [-0.39, 0.29) is 24.0 Å². The van der Waals surface area contributed by atoms with Gasteiger partial charge in [-0.2, -0.15) is 0 Å². The van der Waals surface area contributed by atoms with Crippen LogP contribution in [0, 0.1) is 0 Å². The van der Waals surface area contributed by atoms with Crippen molar-refractivity contribution in [3.8, 4) is 5.88 Å². The molecule has 0 saturated heterocycles. The number of carbonyl (C=O) groups excluding carboxylic acids is 1. The molecule has 1 heterocycles. The van der Waals surface area contributed by atoms with Gasteiger partial charge < -0.3 is 19.9 Å². The molecular formula is C18H20N2O5. The van der Waals surface area contributed by atoms with E-state index in [1.165, 1.54) is 19.2 Å². The normalized spacial score (nSPS) is 10.6. The van der Waals surface area contributed by atoms with E-state index in [9.17, 15) is 14.7 Å². The lowest BCUT2D eigenvalue weighted by atomic mass is 10.1. The minimum Gasteiger partial charge on any atom is -0.478 e. The first-order chi connectivity index (χ1) is 11.9. The highest BCUT2D eigenvalue weighted by molar-refractivity contribution is 6.03. The SMILES string of the molecule is COCc1cc(NC(=O)c2cccc(OC(C)C)n2)cc(C(=O)O)c1. The summed E-state index contributed by atoms with van der Waals surface area (Å²) in [5.74, 6) is -1.19. The quantitative estimate of drug-likeness (QED) is 0.801. The molecule has 1 aromatic heterocycles. The van der Waals surface area contributed by atoms with Crippen LogP contribution in [0.1, 0.15) is 40.3 Å². The number of aromatic nitrogens is 1. The Morgan fingerprint density at radius 2 is 2.00 bits per heavy atom. The number of pyridine rings is 1. The van der Waals surface area contributed by atoms with Crippen molar-refractivity contribution in [2.45, 2.75) is 26.6 Å².